The van der Waals surface area contributed by atoms with Crippen molar-refractivity contribution in [1.29, 1.82) is 0 Å². The highest BCUT2D eigenvalue weighted by molar-refractivity contribution is 4.98. The topological polar surface area (TPSA) is 25.2 Å². The molecule has 1 heterocycles. The largest absolute Gasteiger partial charge is 0.469 e. The van der Waals surface area contributed by atoms with Gasteiger partial charge in [-0.25, -0.2) is 0 Å². The van der Waals surface area contributed by atoms with Crippen LogP contribution in [0.1, 0.15) is 57.6 Å². The van der Waals surface area contributed by atoms with Gasteiger partial charge in [-0.2, -0.15) is 0 Å². The van der Waals surface area contributed by atoms with Gasteiger partial charge in [-0.05, 0) is 37.4 Å². The summed E-state index contributed by atoms with van der Waals surface area (Å²) >= 11 is 0. The molecule has 0 saturated heterocycles. The summed E-state index contributed by atoms with van der Waals surface area (Å²) in [4.78, 5) is 0. The van der Waals surface area contributed by atoms with Crippen LogP contribution >= 0.6 is 0 Å². The lowest BCUT2D eigenvalue weighted by molar-refractivity contribution is 0.290. The number of hydrogen-bond acceptors (Lipinski definition) is 2. The molecule has 18 heavy (non-hydrogen) atoms. The van der Waals surface area contributed by atoms with Gasteiger partial charge in [0.2, 0.25) is 0 Å². The fourth-order valence-electron chi connectivity index (χ4n) is 3.19. The first-order chi connectivity index (χ1) is 8.88. The molecule has 1 fully saturated rings. The molecule has 1 aliphatic rings. The van der Waals surface area contributed by atoms with Crippen molar-refractivity contribution in [2.75, 3.05) is 6.54 Å². The van der Waals surface area contributed by atoms with Gasteiger partial charge in [0.1, 0.15) is 5.76 Å². The lowest BCUT2D eigenvalue weighted by Crippen LogP contribution is -2.32. The second-order valence-electron chi connectivity index (χ2n) is 5.61. The molecule has 1 aromatic heterocycles. The van der Waals surface area contributed by atoms with Gasteiger partial charge in [0, 0.05) is 12.5 Å². The number of rotatable bonds is 7. The molecule has 1 aromatic rings. The second kappa shape index (κ2) is 7.63. The summed E-state index contributed by atoms with van der Waals surface area (Å²) in [5.74, 6) is 2.08. The summed E-state index contributed by atoms with van der Waals surface area (Å²) in [5, 5.41) is 3.65. The molecule has 2 heteroatoms. The van der Waals surface area contributed by atoms with Gasteiger partial charge in [-0.1, -0.05) is 39.0 Å². The van der Waals surface area contributed by atoms with Crippen LogP contribution < -0.4 is 5.32 Å². The molecule has 0 aliphatic heterocycles. The van der Waals surface area contributed by atoms with Gasteiger partial charge in [0.15, 0.2) is 0 Å². The highest BCUT2D eigenvalue weighted by Gasteiger charge is 2.18. The van der Waals surface area contributed by atoms with E-state index in [1.807, 2.05) is 6.07 Å². The third kappa shape index (κ3) is 4.49. The van der Waals surface area contributed by atoms with Crippen LogP contribution in [0.2, 0.25) is 0 Å². The molecule has 102 valence electrons. The third-order valence-electron chi connectivity index (χ3n) is 4.15. The van der Waals surface area contributed by atoms with Crippen molar-refractivity contribution in [3.8, 4) is 0 Å². The molecule has 1 N–H and O–H groups in total. The zero-order valence-corrected chi connectivity index (χ0v) is 11.7. The van der Waals surface area contributed by atoms with Crippen LogP contribution in [0.4, 0.5) is 0 Å². The Morgan fingerprint density at radius 1 is 1.33 bits per heavy atom. The molecule has 2 rings (SSSR count). The maximum absolute atomic E-state index is 5.42. The van der Waals surface area contributed by atoms with Crippen molar-refractivity contribution in [3.05, 3.63) is 24.2 Å². The van der Waals surface area contributed by atoms with Crippen LogP contribution in [-0.2, 0) is 6.42 Å². The van der Waals surface area contributed by atoms with E-state index in [4.69, 9.17) is 4.42 Å². The quantitative estimate of drug-likeness (QED) is 0.785. The van der Waals surface area contributed by atoms with Gasteiger partial charge in [-0.15, -0.1) is 0 Å². The minimum Gasteiger partial charge on any atom is -0.469 e. The Morgan fingerprint density at radius 2 is 2.17 bits per heavy atom. The lowest BCUT2D eigenvalue weighted by Gasteiger charge is -2.27. The van der Waals surface area contributed by atoms with Crippen LogP contribution in [0.3, 0.4) is 0 Å². The van der Waals surface area contributed by atoms with E-state index in [0.29, 0.717) is 6.04 Å². The molecule has 1 unspecified atom stereocenters. The smallest absolute Gasteiger partial charge is 0.103 e. The normalized spacial score (nSPS) is 18.9. The van der Waals surface area contributed by atoms with E-state index in [9.17, 15) is 0 Å². The SMILES string of the molecule is CCNC(CCc1ccco1)CC1CCCCC1. The molecule has 1 atom stereocenters. The molecule has 0 bridgehead atoms. The van der Waals surface area contributed by atoms with Crippen LogP contribution in [-0.4, -0.2) is 12.6 Å². The Hall–Kier alpha value is -0.760. The summed E-state index contributed by atoms with van der Waals surface area (Å²) in [6, 6.07) is 4.74. The monoisotopic (exact) mass is 249 g/mol. The zero-order valence-electron chi connectivity index (χ0n) is 11.7. The Bertz CT molecular complexity index is 301. The third-order valence-corrected chi connectivity index (χ3v) is 4.15. The minimum absolute atomic E-state index is 0.670. The van der Waals surface area contributed by atoms with E-state index in [1.165, 1.54) is 44.9 Å². The summed E-state index contributed by atoms with van der Waals surface area (Å²) in [7, 11) is 0. The average molecular weight is 249 g/mol. The first-order valence-electron chi connectivity index (χ1n) is 7.64. The maximum atomic E-state index is 5.42. The Labute approximate surface area is 111 Å². The average Bonchev–Trinajstić information content (AvgIpc) is 2.91. The van der Waals surface area contributed by atoms with Crippen molar-refractivity contribution < 1.29 is 4.42 Å². The van der Waals surface area contributed by atoms with Gasteiger partial charge < -0.3 is 9.73 Å². The Kier molecular flexibility index (Phi) is 5.79. The Morgan fingerprint density at radius 3 is 2.83 bits per heavy atom. The standard InChI is InChI=1S/C16H27NO/c1-2-17-15(10-11-16-9-6-12-18-16)13-14-7-4-3-5-8-14/h6,9,12,14-15,17H,2-5,7-8,10-11,13H2,1H3. The Balaban J connectivity index is 1.75. The summed E-state index contributed by atoms with van der Waals surface area (Å²) < 4.78 is 5.42. The first kappa shape index (κ1) is 13.7. The molecule has 0 aromatic carbocycles. The summed E-state index contributed by atoms with van der Waals surface area (Å²) in [5.41, 5.74) is 0. The van der Waals surface area contributed by atoms with E-state index < -0.39 is 0 Å². The van der Waals surface area contributed by atoms with E-state index in [-0.39, 0.29) is 0 Å². The molecular weight excluding hydrogens is 222 g/mol. The van der Waals surface area contributed by atoms with E-state index in [2.05, 4.69) is 18.3 Å². The van der Waals surface area contributed by atoms with Crippen LogP contribution in [0.25, 0.3) is 0 Å². The van der Waals surface area contributed by atoms with E-state index in [0.717, 1.165) is 24.6 Å². The van der Waals surface area contributed by atoms with Crippen molar-refractivity contribution in [2.24, 2.45) is 5.92 Å². The van der Waals surface area contributed by atoms with Crippen molar-refractivity contribution in [2.45, 2.75) is 64.3 Å². The zero-order chi connectivity index (χ0) is 12.6. The van der Waals surface area contributed by atoms with Gasteiger partial charge in [-0.3, -0.25) is 0 Å². The fraction of sp³-hybridized carbons (Fsp3) is 0.750. The highest BCUT2D eigenvalue weighted by atomic mass is 16.3. The number of nitrogens with one attached hydrogen (secondary N) is 1. The van der Waals surface area contributed by atoms with Crippen LogP contribution in [0.15, 0.2) is 22.8 Å². The van der Waals surface area contributed by atoms with Gasteiger partial charge in [0.25, 0.3) is 0 Å². The maximum Gasteiger partial charge on any atom is 0.103 e. The molecule has 0 amide bonds. The second-order valence-corrected chi connectivity index (χ2v) is 5.61. The highest BCUT2D eigenvalue weighted by Crippen LogP contribution is 2.28. The fourth-order valence-corrected chi connectivity index (χ4v) is 3.19. The van der Waals surface area contributed by atoms with Crippen LogP contribution in [0.5, 0.6) is 0 Å². The molecule has 1 aliphatic carbocycles. The first-order valence-corrected chi connectivity index (χ1v) is 7.64. The van der Waals surface area contributed by atoms with Crippen molar-refractivity contribution in [1.82, 2.24) is 5.32 Å². The molecular formula is C16H27NO. The molecule has 1 saturated carbocycles. The molecule has 0 radical (unpaired) electrons. The number of hydrogen-bond donors (Lipinski definition) is 1. The number of furan rings is 1. The predicted octanol–water partition coefficient (Wildman–Crippen LogP) is 4.16. The van der Waals surface area contributed by atoms with Crippen molar-refractivity contribution in [3.63, 3.8) is 0 Å². The van der Waals surface area contributed by atoms with Crippen molar-refractivity contribution >= 4 is 0 Å². The minimum atomic E-state index is 0.670. The van der Waals surface area contributed by atoms with E-state index in [1.54, 1.807) is 6.26 Å². The summed E-state index contributed by atoms with van der Waals surface area (Å²) in [6.07, 6.45) is 12.6. The lowest BCUT2D eigenvalue weighted by atomic mass is 9.84. The summed E-state index contributed by atoms with van der Waals surface area (Å²) in [6.45, 7) is 3.29. The predicted molar refractivity (Wildman–Crippen MR) is 75.7 cm³/mol. The molecule has 0 spiro atoms. The number of aryl methyl sites for hydroxylation is 1. The van der Waals surface area contributed by atoms with Gasteiger partial charge in [0.05, 0.1) is 6.26 Å². The van der Waals surface area contributed by atoms with Crippen LogP contribution in [0, 0.1) is 5.92 Å². The molecule has 2 nitrogen and oxygen atoms in total. The van der Waals surface area contributed by atoms with Gasteiger partial charge >= 0.3 is 0 Å². The van der Waals surface area contributed by atoms with E-state index >= 15 is 0 Å².